The van der Waals surface area contributed by atoms with E-state index >= 15 is 0 Å². The third kappa shape index (κ3) is 2.36. The largest absolute Gasteiger partial charge is 0.456 e. The van der Waals surface area contributed by atoms with Gasteiger partial charge >= 0.3 is 0 Å². The highest BCUT2D eigenvalue weighted by Crippen LogP contribution is 2.32. The van der Waals surface area contributed by atoms with Gasteiger partial charge in [0.2, 0.25) is 0 Å². The molecule has 0 aliphatic carbocycles. The van der Waals surface area contributed by atoms with Crippen molar-refractivity contribution >= 4 is 21.6 Å². The van der Waals surface area contributed by atoms with Gasteiger partial charge in [0.25, 0.3) is 0 Å². The average molecular weight is 278 g/mol. The summed E-state index contributed by atoms with van der Waals surface area (Å²) >= 11 is 3.50. The van der Waals surface area contributed by atoms with E-state index in [0.29, 0.717) is 0 Å². The predicted molar refractivity (Wildman–Crippen MR) is 69.8 cm³/mol. The van der Waals surface area contributed by atoms with Crippen molar-refractivity contribution in [2.75, 3.05) is 5.73 Å². The Labute approximate surface area is 103 Å². The Morgan fingerprint density at radius 1 is 1.06 bits per heavy atom. The van der Waals surface area contributed by atoms with Gasteiger partial charge in [-0.15, -0.1) is 0 Å². The number of anilines is 1. The van der Waals surface area contributed by atoms with Crippen LogP contribution < -0.4 is 10.5 Å². The first-order valence-corrected chi connectivity index (χ1v) is 5.74. The summed E-state index contributed by atoms with van der Waals surface area (Å²) < 4.78 is 6.72. The summed E-state index contributed by atoms with van der Waals surface area (Å²) in [5, 5.41) is 0. The number of hydrogen-bond acceptors (Lipinski definition) is 2. The Morgan fingerprint density at radius 2 is 1.75 bits per heavy atom. The van der Waals surface area contributed by atoms with Crippen LogP contribution in [0.1, 0.15) is 5.56 Å². The average Bonchev–Trinajstić information content (AvgIpc) is 2.28. The summed E-state index contributed by atoms with van der Waals surface area (Å²) in [6, 6.07) is 13.3. The Kier molecular flexibility index (Phi) is 3.15. The minimum Gasteiger partial charge on any atom is -0.456 e. The van der Waals surface area contributed by atoms with Gasteiger partial charge in [-0.2, -0.15) is 0 Å². The van der Waals surface area contributed by atoms with Crippen molar-refractivity contribution in [1.82, 2.24) is 0 Å². The Morgan fingerprint density at radius 3 is 2.44 bits per heavy atom. The zero-order valence-electron chi connectivity index (χ0n) is 8.91. The zero-order chi connectivity index (χ0) is 11.5. The van der Waals surface area contributed by atoms with Crippen LogP contribution in [0.3, 0.4) is 0 Å². The van der Waals surface area contributed by atoms with Gasteiger partial charge in [0.15, 0.2) is 0 Å². The molecular weight excluding hydrogens is 266 g/mol. The van der Waals surface area contributed by atoms with E-state index in [-0.39, 0.29) is 0 Å². The molecule has 16 heavy (non-hydrogen) atoms. The van der Waals surface area contributed by atoms with Gasteiger partial charge < -0.3 is 10.5 Å². The van der Waals surface area contributed by atoms with Crippen LogP contribution in [0.5, 0.6) is 11.5 Å². The monoisotopic (exact) mass is 277 g/mol. The predicted octanol–water partition coefficient (Wildman–Crippen LogP) is 4.13. The molecule has 2 nitrogen and oxygen atoms in total. The molecule has 2 rings (SSSR count). The van der Waals surface area contributed by atoms with Crippen molar-refractivity contribution in [2.24, 2.45) is 0 Å². The molecule has 3 heteroatoms. The van der Waals surface area contributed by atoms with E-state index in [1.807, 2.05) is 49.4 Å². The number of benzene rings is 2. The van der Waals surface area contributed by atoms with Gasteiger partial charge in [0.05, 0.1) is 4.47 Å². The van der Waals surface area contributed by atoms with Crippen LogP contribution in [0.2, 0.25) is 0 Å². The van der Waals surface area contributed by atoms with E-state index in [0.717, 1.165) is 27.2 Å². The number of aryl methyl sites for hydroxylation is 1. The minimum atomic E-state index is 0.732. The van der Waals surface area contributed by atoms with Gasteiger partial charge in [-0.25, -0.2) is 0 Å². The van der Waals surface area contributed by atoms with E-state index in [2.05, 4.69) is 15.9 Å². The topological polar surface area (TPSA) is 35.2 Å². The summed E-state index contributed by atoms with van der Waals surface area (Å²) in [4.78, 5) is 0. The molecule has 0 saturated carbocycles. The number of nitrogens with two attached hydrogens (primary N) is 1. The normalized spacial score (nSPS) is 10.1. The summed E-state index contributed by atoms with van der Waals surface area (Å²) in [6.07, 6.45) is 0. The molecule has 0 aromatic heterocycles. The van der Waals surface area contributed by atoms with Gasteiger partial charge in [0, 0.05) is 5.69 Å². The SMILES string of the molecule is Cc1cccc(Oc2ccc(N)cc2)c1Br. The molecule has 2 N–H and O–H groups in total. The first-order chi connectivity index (χ1) is 7.66. The van der Waals surface area contributed by atoms with Gasteiger partial charge in [0.1, 0.15) is 11.5 Å². The highest BCUT2D eigenvalue weighted by molar-refractivity contribution is 9.10. The molecular formula is C13H12BrNO. The lowest BCUT2D eigenvalue weighted by Gasteiger charge is -2.09. The fourth-order valence-corrected chi connectivity index (χ4v) is 1.71. The molecule has 0 fully saturated rings. The van der Waals surface area contributed by atoms with E-state index < -0.39 is 0 Å². The third-order valence-corrected chi connectivity index (χ3v) is 3.28. The van der Waals surface area contributed by atoms with Crippen LogP contribution in [0.25, 0.3) is 0 Å². The highest BCUT2D eigenvalue weighted by atomic mass is 79.9. The Bertz CT molecular complexity index is 494. The number of ether oxygens (including phenoxy) is 1. The van der Waals surface area contributed by atoms with Crippen LogP contribution in [0, 0.1) is 6.92 Å². The molecule has 2 aromatic carbocycles. The smallest absolute Gasteiger partial charge is 0.141 e. The quantitative estimate of drug-likeness (QED) is 0.838. The highest BCUT2D eigenvalue weighted by Gasteiger charge is 2.04. The molecule has 0 aliphatic rings. The molecule has 0 radical (unpaired) electrons. The van der Waals surface area contributed by atoms with Crippen molar-refractivity contribution in [2.45, 2.75) is 6.92 Å². The molecule has 0 spiro atoms. The molecule has 0 aliphatic heterocycles. The molecule has 0 heterocycles. The first-order valence-electron chi connectivity index (χ1n) is 4.95. The Balaban J connectivity index is 2.27. The second kappa shape index (κ2) is 4.58. The van der Waals surface area contributed by atoms with Crippen molar-refractivity contribution in [1.29, 1.82) is 0 Å². The van der Waals surface area contributed by atoms with Crippen LogP contribution >= 0.6 is 15.9 Å². The zero-order valence-corrected chi connectivity index (χ0v) is 10.5. The van der Waals surface area contributed by atoms with E-state index in [9.17, 15) is 0 Å². The van der Waals surface area contributed by atoms with Crippen molar-refractivity contribution in [3.63, 3.8) is 0 Å². The van der Waals surface area contributed by atoms with Crippen molar-refractivity contribution in [3.8, 4) is 11.5 Å². The lowest BCUT2D eigenvalue weighted by Crippen LogP contribution is -1.88. The Hall–Kier alpha value is -1.48. The van der Waals surface area contributed by atoms with E-state index in [4.69, 9.17) is 10.5 Å². The first kappa shape index (κ1) is 11.0. The molecule has 0 bridgehead atoms. The number of nitrogen functional groups attached to an aromatic ring is 1. The number of hydrogen-bond donors (Lipinski definition) is 1. The van der Waals surface area contributed by atoms with Gasteiger partial charge in [-0.05, 0) is 58.7 Å². The maximum absolute atomic E-state index is 5.74. The standard InChI is InChI=1S/C13H12BrNO/c1-9-3-2-4-12(13(9)14)16-11-7-5-10(15)6-8-11/h2-8H,15H2,1H3. The van der Waals surface area contributed by atoms with Gasteiger partial charge in [-0.3, -0.25) is 0 Å². The van der Waals surface area contributed by atoms with Crippen LogP contribution in [-0.4, -0.2) is 0 Å². The van der Waals surface area contributed by atoms with Gasteiger partial charge in [-0.1, -0.05) is 12.1 Å². The maximum atomic E-state index is 5.74. The van der Waals surface area contributed by atoms with Crippen molar-refractivity contribution < 1.29 is 4.74 Å². The number of halogens is 1. The van der Waals surface area contributed by atoms with Crippen LogP contribution in [0.15, 0.2) is 46.9 Å². The second-order valence-electron chi connectivity index (χ2n) is 3.56. The lowest BCUT2D eigenvalue weighted by molar-refractivity contribution is 0.479. The summed E-state index contributed by atoms with van der Waals surface area (Å²) in [5.41, 5.74) is 7.49. The molecule has 2 aromatic rings. The lowest BCUT2D eigenvalue weighted by atomic mass is 10.2. The molecule has 0 unspecified atom stereocenters. The fourth-order valence-electron chi connectivity index (χ4n) is 1.36. The molecule has 0 atom stereocenters. The number of rotatable bonds is 2. The second-order valence-corrected chi connectivity index (χ2v) is 4.35. The fraction of sp³-hybridized carbons (Fsp3) is 0.0769. The maximum Gasteiger partial charge on any atom is 0.141 e. The molecule has 0 amide bonds. The van der Waals surface area contributed by atoms with Crippen molar-refractivity contribution in [3.05, 3.63) is 52.5 Å². The van der Waals surface area contributed by atoms with E-state index in [1.165, 1.54) is 0 Å². The molecule has 0 saturated heterocycles. The van der Waals surface area contributed by atoms with E-state index in [1.54, 1.807) is 0 Å². The van der Waals surface area contributed by atoms with Crippen LogP contribution in [0.4, 0.5) is 5.69 Å². The molecule has 82 valence electrons. The summed E-state index contributed by atoms with van der Waals surface area (Å²) in [7, 11) is 0. The minimum absolute atomic E-state index is 0.732. The van der Waals surface area contributed by atoms with Crippen LogP contribution in [-0.2, 0) is 0 Å². The summed E-state index contributed by atoms with van der Waals surface area (Å²) in [5.74, 6) is 1.59. The third-order valence-electron chi connectivity index (χ3n) is 2.26. The summed E-state index contributed by atoms with van der Waals surface area (Å²) in [6.45, 7) is 2.03.